The molecule has 0 atom stereocenters. The van der Waals surface area contributed by atoms with Gasteiger partial charge in [0.2, 0.25) is 0 Å². The van der Waals surface area contributed by atoms with E-state index in [9.17, 15) is 9.59 Å². The van der Waals surface area contributed by atoms with Crippen molar-refractivity contribution in [3.63, 3.8) is 0 Å². The maximum Gasteiger partial charge on any atom is 0.303 e. The Morgan fingerprint density at radius 2 is 1.25 bits per heavy atom. The molecule has 0 bridgehead atoms. The molecule has 4 nitrogen and oxygen atoms in total. The van der Waals surface area contributed by atoms with E-state index in [1.54, 1.807) is 12.2 Å². The molecule has 0 aliphatic carbocycles. The highest BCUT2D eigenvalue weighted by Gasteiger charge is 1.92. The van der Waals surface area contributed by atoms with Crippen molar-refractivity contribution in [3.8, 4) is 0 Å². The molecule has 0 aliphatic rings. The van der Waals surface area contributed by atoms with Crippen molar-refractivity contribution in [1.29, 1.82) is 0 Å². The van der Waals surface area contributed by atoms with Gasteiger partial charge in [0.05, 0.1) is 0 Å². The number of carboxylic acid groups (broad SMARTS) is 2. The first-order valence-corrected chi connectivity index (χ1v) is 6.96. The van der Waals surface area contributed by atoms with Crippen molar-refractivity contribution in [2.45, 2.75) is 25.7 Å². The fourth-order valence-corrected chi connectivity index (χ4v) is 2.11. The van der Waals surface area contributed by atoms with Crippen LogP contribution in [0.4, 0.5) is 0 Å². The van der Waals surface area contributed by atoms with Crippen LogP contribution in [0.3, 0.4) is 0 Å². The van der Waals surface area contributed by atoms with Crippen LogP contribution in [0, 0.1) is 0 Å². The molecule has 0 saturated carbocycles. The molecule has 0 aromatic carbocycles. The topological polar surface area (TPSA) is 74.6 Å². The minimum atomic E-state index is -0.795. The molecular formula is C10H14O4S2. The van der Waals surface area contributed by atoms with Crippen molar-refractivity contribution in [2.24, 2.45) is 0 Å². The van der Waals surface area contributed by atoms with Gasteiger partial charge in [-0.3, -0.25) is 9.59 Å². The van der Waals surface area contributed by atoms with Gasteiger partial charge in [-0.2, -0.15) is 0 Å². The molecule has 0 radical (unpaired) electrons. The van der Waals surface area contributed by atoms with E-state index in [0.717, 1.165) is 0 Å². The average molecular weight is 262 g/mol. The SMILES string of the molecule is O=C(O)CCC=CSSC=CCCC(=O)O. The molecule has 90 valence electrons. The first kappa shape index (κ1) is 15.1. The van der Waals surface area contributed by atoms with Gasteiger partial charge in [0, 0.05) is 12.8 Å². The molecule has 16 heavy (non-hydrogen) atoms. The normalized spacial score (nSPS) is 11.2. The summed E-state index contributed by atoms with van der Waals surface area (Å²) in [5, 5.41) is 20.4. The smallest absolute Gasteiger partial charge is 0.303 e. The van der Waals surface area contributed by atoms with E-state index in [-0.39, 0.29) is 12.8 Å². The van der Waals surface area contributed by atoms with Crippen molar-refractivity contribution >= 4 is 33.5 Å². The van der Waals surface area contributed by atoms with Crippen LogP contribution >= 0.6 is 21.6 Å². The van der Waals surface area contributed by atoms with Crippen LogP contribution in [0.25, 0.3) is 0 Å². The lowest BCUT2D eigenvalue weighted by Gasteiger charge is -1.89. The lowest BCUT2D eigenvalue weighted by Crippen LogP contribution is -1.91. The number of allylic oxidation sites excluding steroid dienone is 2. The van der Waals surface area contributed by atoms with Crippen LogP contribution in [-0.4, -0.2) is 22.2 Å². The summed E-state index contributed by atoms with van der Waals surface area (Å²) < 4.78 is 0. The van der Waals surface area contributed by atoms with E-state index in [4.69, 9.17) is 10.2 Å². The third-order valence-corrected chi connectivity index (χ3v) is 3.13. The summed E-state index contributed by atoms with van der Waals surface area (Å²) in [6.45, 7) is 0. The number of hydrogen-bond donors (Lipinski definition) is 2. The van der Waals surface area contributed by atoms with E-state index >= 15 is 0 Å². The van der Waals surface area contributed by atoms with Crippen LogP contribution in [0.1, 0.15) is 25.7 Å². The average Bonchev–Trinajstić information content (AvgIpc) is 2.20. The van der Waals surface area contributed by atoms with Gasteiger partial charge in [0.25, 0.3) is 0 Å². The zero-order valence-corrected chi connectivity index (χ0v) is 10.3. The van der Waals surface area contributed by atoms with Crippen LogP contribution in [0.2, 0.25) is 0 Å². The highest BCUT2D eigenvalue weighted by atomic mass is 33.1. The number of carboxylic acids is 2. The zero-order valence-electron chi connectivity index (χ0n) is 8.67. The van der Waals surface area contributed by atoms with Gasteiger partial charge in [-0.25, -0.2) is 0 Å². The van der Waals surface area contributed by atoms with Gasteiger partial charge in [0.15, 0.2) is 0 Å². The highest BCUT2D eigenvalue weighted by molar-refractivity contribution is 8.78. The van der Waals surface area contributed by atoms with Gasteiger partial charge < -0.3 is 10.2 Å². The maximum atomic E-state index is 10.2. The number of aliphatic carboxylic acids is 2. The molecule has 0 fully saturated rings. The third kappa shape index (κ3) is 13.1. The van der Waals surface area contributed by atoms with Crippen molar-refractivity contribution in [1.82, 2.24) is 0 Å². The Morgan fingerprint density at radius 1 is 0.875 bits per heavy atom. The van der Waals surface area contributed by atoms with E-state index in [2.05, 4.69) is 0 Å². The van der Waals surface area contributed by atoms with Gasteiger partial charge in [-0.15, -0.1) is 0 Å². The zero-order chi connectivity index (χ0) is 12.2. The molecule has 0 rings (SSSR count). The Bertz CT molecular complexity index is 246. The quantitative estimate of drug-likeness (QED) is 0.491. The van der Waals surface area contributed by atoms with Crippen molar-refractivity contribution < 1.29 is 19.8 Å². The predicted octanol–water partition coefficient (Wildman–Crippen LogP) is 3.12. The second kappa shape index (κ2) is 10.6. The molecule has 0 aliphatic heterocycles. The Kier molecular flexibility index (Phi) is 10.0. The lowest BCUT2D eigenvalue weighted by atomic mass is 10.3. The monoisotopic (exact) mass is 262 g/mol. The van der Waals surface area contributed by atoms with Gasteiger partial charge in [-0.05, 0) is 23.7 Å². The summed E-state index contributed by atoms with van der Waals surface area (Å²) in [6.07, 6.45) is 4.97. The summed E-state index contributed by atoms with van der Waals surface area (Å²) in [5.41, 5.74) is 0. The minimum absolute atomic E-state index is 0.149. The molecule has 2 N–H and O–H groups in total. The summed E-state index contributed by atoms with van der Waals surface area (Å²) in [7, 11) is 2.95. The van der Waals surface area contributed by atoms with Crippen LogP contribution < -0.4 is 0 Å². The number of hydrogen-bond acceptors (Lipinski definition) is 4. The first-order chi connectivity index (χ1) is 7.63. The molecule has 0 aromatic rings. The number of rotatable bonds is 9. The minimum Gasteiger partial charge on any atom is -0.481 e. The lowest BCUT2D eigenvalue weighted by molar-refractivity contribution is -0.137. The molecule has 0 unspecified atom stereocenters. The van der Waals surface area contributed by atoms with E-state index in [1.165, 1.54) is 21.6 Å². The first-order valence-electron chi connectivity index (χ1n) is 4.68. The molecule has 0 saturated heterocycles. The standard InChI is InChI=1S/C10H14O4S2/c11-9(12)5-1-3-7-15-16-8-4-2-6-10(13)14/h3-4,7-8H,1-2,5-6H2,(H,11,12)(H,13,14). The summed E-state index contributed by atoms with van der Waals surface area (Å²) in [6, 6.07) is 0. The van der Waals surface area contributed by atoms with Crippen molar-refractivity contribution in [2.75, 3.05) is 0 Å². The van der Waals surface area contributed by atoms with E-state index < -0.39 is 11.9 Å². The Morgan fingerprint density at radius 3 is 1.56 bits per heavy atom. The highest BCUT2D eigenvalue weighted by Crippen LogP contribution is 2.24. The van der Waals surface area contributed by atoms with Crippen LogP contribution in [-0.2, 0) is 9.59 Å². The fourth-order valence-electron chi connectivity index (χ4n) is 0.692. The van der Waals surface area contributed by atoms with Gasteiger partial charge in [0.1, 0.15) is 0 Å². The molecule has 0 heterocycles. The van der Waals surface area contributed by atoms with Crippen molar-refractivity contribution in [3.05, 3.63) is 23.0 Å². The maximum absolute atomic E-state index is 10.2. The largest absolute Gasteiger partial charge is 0.481 e. The molecule has 0 aromatic heterocycles. The summed E-state index contributed by atoms with van der Waals surface area (Å²) in [5.74, 6) is -1.59. The fraction of sp³-hybridized carbons (Fsp3) is 0.400. The Labute approximate surface area is 102 Å². The predicted molar refractivity (Wildman–Crippen MR) is 67.2 cm³/mol. The molecular weight excluding hydrogens is 248 g/mol. The van der Waals surface area contributed by atoms with Gasteiger partial charge in [-0.1, -0.05) is 33.7 Å². The Balaban J connectivity index is 3.31. The van der Waals surface area contributed by atoms with E-state index in [0.29, 0.717) is 12.8 Å². The molecule has 6 heteroatoms. The number of carbonyl (C=O) groups is 2. The second-order valence-electron chi connectivity index (χ2n) is 2.80. The van der Waals surface area contributed by atoms with Gasteiger partial charge >= 0.3 is 11.9 Å². The van der Waals surface area contributed by atoms with Crippen LogP contribution in [0.15, 0.2) is 23.0 Å². The summed E-state index contributed by atoms with van der Waals surface area (Å²) >= 11 is 0. The summed E-state index contributed by atoms with van der Waals surface area (Å²) in [4.78, 5) is 20.3. The van der Waals surface area contributed by atoms with E-state index in [1.807, 2.05) is 10.8 Å². The molecule has 0 amide bonds. The second-order valence-corrected chi connectivity index (χ2v) is 4.88. The third-order valence-electron chi connectivity index (χ3n) is 1.41. The Hall–Kier alpha value is -0.880. The van der Waals surface area contributed by atoms with Crippen LogP contribution in [0.5, 0.6) is 0 Å². The molecule has 0 spiro atoms.